The summed E-state index contributed by atoms with van der Waals surface area (Å²) in [4.78, 5) is 17.7. The zero-order valence-electron chi connectivity index (χ0n) is 16.3. The number of H-pyrrole nitrogens is 1. The summed E-state index contributed by atoms with van der Waals surface area (Å²) < 4.78 is 1.37. The third kappa shape index (κ3) is 3.45. The fraction of sp³-hybridized carbons (Fsp3) is 0.130. The van der Waals surface area contributed by atoms with Crippen molar-refractivity contribution in [2.75, 3.05) is 0 Å². The van der Waals surface area contributed by atoms with Crippen LogP contribution in [0.1, 0.15) is 24.6 Å². The van der Waals surface area contributed by atoms with Crippen LogP contribution < -0.4 is 5.56 Å². The number of hydrogen-bond donors (Lipinski definition) is 2. The van der Waals surface area contributed by atoms with Gasteiger partial charge in [0.2, 0.25) is 0 Å². The second-order valence-electron chi connectivity index (χ2n) is 6.76. The molecule has 0 bridgehead atoms. The Morgan fingerprint density at radius 3 is 2.63 bits per heavy atom. The van der Waals surface area contributed by atoms with Gasteiger partial charge in [0.25, 0.3) is 5.56 Å². The van der Waals surface area contributed by atoms with Crippen LogP contribution in [0.2, 0.25) is 10.0 Å². The standard InChI is InChI=1S/C23H17Cl2N3O2/c1-3-4-5-14-6-8-16(20(29)10-14)17-12-26-22-21(13(2)27-28(22)23(17)30)15-7-9-18(24)19(25)11-15/h6-12,27,29H,3H2,1-2H3. The maximum absolute atomic E-state index is 13.2. The smallest absolute Gasteiger partial charge is 0.280 e. The number of aromatic amines is 1. The molecule has 0 aliphatic rings. The van der Waals surface area contributed by atoms with E-state index in [9.17, 15) is 9.90 Å². The predicted octanol–water partition coefficient (Wildman–Crippen LogP) is 5.44. The van der Waals surface area contributed by atoms with Crippen LogP contribution in [0.25, 0.3) is 27.9 Å². The summed E-state index contributed by atoms with van der Waals surface area (Å²) in [5, 5.41) is 14.4. The Morgan fingerprint density at radius 1 is 1.13 bits per heavy atom. The summed E-state index contributed by atoms with van der Waals surface area (Å²) in [6, 6.07) is 10.3. The van der Waals surface area contributed by atoms with Crippen LogP contribution in [0.4, 0.5) is 0 Å². The Morgan fingerprint density at radius 2 is 1.93 bits per heavy atom. The van der Waals surface area contributed by atoms with Crippen LogP contribution >= 0.6 is 23.2 Å². The number of aryl methyl sites for hydroxylation is 1. The van der Waals surface area contributed by atoms with E-state index in [4.69, 9.17) is 23.2 Å². The number of hydrogen-bond acceptors (Lipinski definition) is 3. The molecular weight excluding hydrogens is 421 g/mol. The van der Waals surface area contributed by atoms with Crippen molar-refractivity contribution in [2.45, 2.75) is 20.3 Å². The highest BCUT2D eigenvalue weighted by Crippen LogP contribution is 2.33. The average molecular weight is 438 g/mol. The minimum absolute atomic E-state index is 0.0234. The number of fused-ring (bicyclic) bond motifs is 1. The summed E-state index contributed by atoms with van der Waals surface area (Å²) in [6.45, 7) is 3.80. The van der Waals surface area contributed by atoms with Crippen molar-refractivity contribution >= 4 is 28.8 Å². The van der Waals surface area contributed by atoms with Crippen molar-refractivity contribution in [1.29, 1.82) is 0 Å². The zero-order valence-corrected chi connectivity index (χ0v) is 17.8. The maximum atomic E-state index is 13.2. The van der Waals surface area contributed by atoms with Crippen molar-refractivity contribution in [1.82, 2.24) is 14.6 Å². The van der Waals surface area contributed by atoms with Gasteiger partial charge in [-0.2, -0.15) is 0 Å². The lowest BCUT2D eigenvalue weighted by Gasteiger charge is -2.06. The molecule has 0 amide bonds. The van der Waals surface area contributed by atoms with E-state index < -0.39 is 0 Å². The number of halogens is 2. The summed E-state index contributed by atoms with van der Waals surface area (Å²) in [5.74, 6) is 5.89. The Labute approximate surface area is 182 Å². The lowest BCUT2D eigenvalue weighted by atomic mass is 10.0. The number of phenolic OH excluding ortho intramolecular Hbond substituents is 1. The van der Waals surface area contributed by atoms with Gasteiger partial charge >= 0.3 is 0 Å². The van der Waals surface area contributed by atoms with Gasteiger partial charge in [-0.15, -0.1) is 0 Å². The Hall–Kier alpha value is -3.20. The Bertz CT molecular complexity index is 1410. The molecule has 0 saturated carbocycles. The number of nitrogens with zero attached hydrogens (tertiary/aromatic N) is 2. The van der Waals surface area contributed by atoms with E-state index in [0.717, 1.165) is 23.2 Å². The fourth-order valence-electron chi connectivity index (χ4n) is 3.34. The van der Waals surface area contributed by atoms with Crippen molar-refractivity contribution in [3.8, 4) is 39.8 Å². The monoisotopic (exact) mass is 437 g/mol. The van der Waals surface area contributed by atoms with Crippen LogP contribution in [0.3, 0.4) is 0 Å². The Balaban J connectivity index is 1.87. The summed E-state index contributed by atoms with van der Waals surface area (Å²) in [7, 11) is 0. The first kappa shape index (κ1) is 20.1. The van der Waals surface area contributed by atoms with E-state index >= 15 is 0 Å². The molecule has 0 aliphatic heterocycles. The van der Waals surface area contributed by atoms with Gasteiger partial charge in [0, 0.05) is 35.0 Å². The molecule has 0 radical (unpaired) electrons. The fourth-order valence-corrected chi connectivity index (χ4v) is 3.63. The molecule has 0 unspecified atom stereocenters. The SMILES string of the molecule is CCC#Cc1ccc(-c2cnc3c(-c4ccc(Cl)c(Cl)c4)c(C)[nH]n3c2=O)c(O)c1. The molecule has 30 heavy (non-hydrogen) atoms. The van der Waals surface area contributed by atoms with Crippen LogP contribution in [0.15, 0.2) is 47.4 Å². The molecule has 150 valence electrons. The number of phenols is 1. The summed E-state index contributed by atoms with van der Waals surface area (Å²) in [5.41, 5.74) is 3.80. The minimum atomic E-state index is -0.322. The highest BCUT2D eigenvalue weighted by Gasteiger charge is 2.18. The van der Waals surface area contributed by atoms with Crippen LogP contribution in [-0.2, 0) is 0 Å². The van der Waals surface area contributed by atoms with E-state index in [-0.39, 0.29) is 16.9 Å². The normalized spacial score (nSPS) is 10.8. The summed E-state index contributed by atoms with van der Waals surface area (Å²) in [6.07, 6.45) is 2.19. The van der Waals surface area contributed by atoms with Crippen LogP contribution in [0, 0.1) is 18.8 Å². The van der Waals surface area contributed by atoms with Gasteiger partial charge in [0.05, 0.1) is 15.6 Å². The van der Waals surface area contributed by atoms with Gasteiger partial charge < -0.3 is 5.11 Å². The van der Waals surface area contributed by atoms with E-state index in [2.05, 4.69) is 21.9 Å². The highest BCUT2D eigenvalue weighted by molar-refractivity contribution is 6.42. The maximum Gasteiger partial charge on any atom is 0.280 e. The van der Waals surface area contributed by atoms with E-state index in [1.807, 2.05) is 19.9 Å². The number of rotatable bonds is 2. The van der Waals surface area contributed by atoms with E-state index in [1.54, 1.807) is 30.3 Å². The van der Waals surface area contributed by atoms with E-state index in [1.165, 1.54) is 10.7 Å². The van der Waals surface area contributed by atoms with Crippen molar-refractivity contribution in [3.05, 3.63) is 74.3 Å². The van der Waals surface area contributed by atoms with Gasteiger partial charge in [0.1, 0.15) is 5.75 Å². The second-order valence-corrected chi connectivity index (χ2v) is 7.58. The molecular formula is C23H17Cl2N3O2. The van der Waals surface area contributed by atoms with E-state index in [0.29, 0.717) is 26.8 Å². The third-order valence-electron chi connectivity index (χ3n) is 4.75. The van der Waals surface area contributed by atoms with Crippen molar-refractivity contribution in [2.24, 2.45) is 0 Å². The average Bonchev–Trinajstić information content (AvgIpc) is 3.06. The van der Waals surface area contributed by atoms with Gasteiger partial charge in [-0.05, 0) is 42.8 Å². The minimum Gasteiger partial charge on any atom is -0.507 e. The molecule has 7 heteroatoms. The molecule has 2 aromatic heterocycles. The number of aromatic hydroxyl groups is 1. The topological polar surface area (TPSA) is 70.4 Å². The molecule has 4 rings (SSSR count). The first-order valence-electron chi connectivity index (χ1n) is 9.28. The molecule has 0 spiro atoms. The van der Waals surface area contributed by atoms with Gasteiger partial charge in [-0.25, -0.2) is 9.50 Å². The molecule has 0 saturated heterocycles. The van der Waals surface area contributed by atoms with Gasteiger partial charge in [0.15, 0.2) is 5.65 Å². The van der Waals surface area contributed by atoms with Crippen LogP contribution in [-0.4, -0.2) is 19.7 Å². The quantitative estimate of drug-likeness (QED) is 0.410. The first-order valence-corrected chi connectivity index (χ1v) is 10.0. The lowest BCUT2D eigenvalue weighted by molar-refractivity contribution is 0.477. The molecule has 2 aromatic carbocycles. The lowest BCUT2D eigenvalue weighted by Crippen LogP contribution is -2.17. The molecule has 5 nitrogen and oxygen atoms in total. The number of nitrogens with one attached hydrogen (secondary N) is 1. The van der Waals surface area contributed by atoms with Gasteiger partial charge in [-0.3, -0.25) is 9.89 Å². The highest BCUT2D eigenvalue weighted by atomic mass is 35.5. The van der Waals surface area contributed by atoms with Crippen molar-refractivity contribution < 1.29 is 5.11 Å². The third-order valence-corrected chi connectivity index (χ3v) is 5.48. The molecule has 4 aromatic rings. The molecule has 0 atom stereocenters. The molecule has 0 aliphatic carbocycles. The first-order chi connectivity index (χ1) is 14.4. The zero-order chi connectivity index (χ0) is 21.4. The van der Waals surface area contributed by atoms with Crippen LogP contribution in [0.5, 0.6) is 5.75 Å². The Kier molecular flexibility index (Phi) is 5.29. The molecule has 0 fully saturated rings. The second kappa shape index (κ2) is 7.91. The number of aromatic nitrogens is 3. The largest absolute Gasteiger partial charge is 0.507 e. The molecule has 2 N–H and O–H groups in total. The predicted molar refractivity (Wildman–Crippen MR) is 120 cm³/mol. The molecule has 2 heterocycles. The van der Waals surface area contributed by atoms with Gasteiger partial charge in [-0.1, -0.05) is 48.0 Å². The summed E-state index contributed by atoms with van der Waals surface area (Å²) >= 11 is 12.2. The van der Waals surface area contributed by atoms with Crippen molar-refractivity contribution in [3.63, 3.8) is 0 Å². The number of benzene rings is 2.